The Morgan fingerprint density at radius 2 is 1.82 bits per heavy atom. The molecule has 1 heterocycles. The second-order valence-electron chi connectivity index (χ2n) is 7.61. The van der Waals surface area contributed by atoms with E-state index in [9.17, 15) is 4.79 Å². The number of halogens is 2. The minimum atomic E-state index is -0.307. The number of para-hydroxylation sites is 1. The van der Waals surface area contributed by atoms with Gasteiger partial charge >= 0.3 is 0 Å². The first kappa shape index (κ1) is 23.4. The van der Waals surface area contributed by atoms with E-state index in [2.05, 4.69) is 49.0 Å². The highest BCUT2D eigenvalue weighted by molar-refractivity contribution is 14.1. The molecular formula is C26H21BrIN3O2. The number of pyridine rings is 1. The Kier molecular flexibility index (Phi) is 7.39. The number of nitrogens with zero attached hydrogens (tertiary/aromatic N) is 2. The van der Waals surface area contributed by atoms with Crippen LogP contribution >= 0.6 is 38.5 Å². The lowest BCUT2D eigenvalue weighted by Gasteiger charge is -2.14. The van der Waals surface area contributed by atoms with Crippen LogP contribution in [0.15, 0.2) is 82.4 Å². The summed E-state index contributed by atoms with van der Waals surface area (Å²) in [7, 11) is 0. The number of benzene rings is 3. The third-order valence-electron chi connectivity index (χ3n) is 4.79. The molecule has 7 heteroatoms. The molecule has 1 N–H and O–H groups in total. The highest BCUT2D eigenvalue weighted by atomic mass is 127. The van der Waals surface area contributed by atoms with Crippen molar-refractivity contribution in [2.75, 3.05) is 0 Å². The maximum atomic E-state index is 13.1. The number of fused-ring (bicyclic) bond motifs is 1. The fraction of sp³-hybridized carbons (Fsp3) is 0.115. The third kappa shape index (κ3) is 5.59. The predicted octanol–water partition coefficient (Wildman–Crippen LogP) is 6.82. The molecule has 4 rings (SSSR count). The number of hydrazone groups is 1. The Hall–Kier alpha value is -2.78. The van der Waals surface area contributed by atoms with E-state index in [-0.39, 0.29) is 12.0 Å². The van der Waals surface area contributed by atoms with E-state index < -0.39 is 0 Å². The monoisotopic (exact) mass is 613 g/mol. The van der Waals surface area contributed by atoms with Gasteiger partial charge in [0.2, 0.25) is 0 Å². The van der Waals surface area contributed by atoms with E-state index in [0.717, 1.165) is 41.5 Å². The van der Waals surface area contributed by atoms with Crippen molar-refractivity contribution in [2.24, 2.45) is 5.10 Å². The Morgan fingerprint density at radius 1 is 1.09 bits per heavy atom. The number of nitrogens with one attached hydrogen (secondary N) is 1. The van der Waals surface area contributed by atoms with Gasteiger partial charge in [0.1, 0.15) is 5.75 Å². The quantitative estimate of drug-likeness (QED) is 0.147. The van der Waals surface area contributed by atoms with Gasteiger partial charge in [-0.3, -0.25) is 4.79 Å². The lowest BCUT2D eigenvalue weighted by atomic mass is 10.0. The van der Waals surface area contributed by atoms with Crippen molar-refractivity contribution in [2.45, 2.75) is 20.0 Å². The van der Waals surface area contributed by atoms with Crippen LogP contribution in [0.2, 0.25) is 0 Å². The summed E-state index contributed by atoms with van der Waals surface area (Å²) in [6.45, 7) is 3.94. The van der Waals surface area contributed by atoms with Crippen molar-refractivity contribution in [3.63, 3.8) is 0 Å². The number of carbonyl (C=O) groups is 1. The van der Waals surface area contributed by atoms with Crippen LogP contribution in [0.5, 0.6) is 5.75 Å². The summed E-state index contributed by atoms with van der Waals surface area (Å²) in [4.78, 5) is 17.9. The van der Waals surface area contributed by atoms with Gasteiger partial charge in [-0.15, -0.1) is 0 Å². The predicted molar refractivity (Wildman–Crippen MR) is 145 cm³/mol. The molecule has 0 saturated heterocycles. The molecule has 166 valence electrons. The van der Waals surface area contributed by atoms with Crippen LogP contribution in [0, 0.1) is 3.57 Å². The zero-order valence-corrected chi connectivity index (χ0v) is 21.8. The first-order valence-electron chi connectivity index (χ1n) is 10.4. The van der Waals surface area contributed by atoms with Crippen LogP contribution in [-0.2, 0) is 0 Å². The fourth-order valence-corrected chi connectivity index (χ4v) is 5.05. The van der Waals surface area contributed by atoms with Gasteiger partial charge < -0.3 is 4.74 Å². The Bertz CT molecular complexity index is 1340. The minimum absolute atomic E-state index is 0.0148. The number of ether oxygens (including phenoxy) is 1. The molecule has 0 bridgehead atoms. The molecule has 1 aromatic heterocycles. The molecule has 3 aromatic carbocycles. The molecular weight excluding hydrogens is 593 g/mol. The van der Waals surface area contributed by atoms with E-state index >= 15 is 0 Å². The van der Waals surface area contributed by atoms with Crippen LogP contribution in [0.3, 0.4) is 0 Å². The topological polar surface area (TPSA) is 63.6 Å². The van der Waals surface area contributed by atoms with E-state index in [1.165, 1.54) is 0 Å². The van der Waals surface area contributed by atoms with Crippen molar-refractivity contribution >= 4 is 61.5 Å². The molecule has 0 fully saturated rings. The lowest BCUT2D eigenvalue weighted by molar-refractivity contribution is 0.0956. The highest BCUT2D eigenvalue weighted by Gasteiger charge is 2.14. The van der Waals surface area contributed by atoms with Gasteiger partial charge in [-0.05, 0) is 60.7 Å². The molecule has 0 radical (unpaired) electrons. The maximum Gasteiger partial charge on any atom is 0.272 e. The standard InChI is InChI=1S/C26H21BrIN3O2/c1-16(2)33-25-18(12-19(27)13-22(25)28)15-29-31-26(32)21-14-24(17-8-4-3-5-9-17)30-23-11-7-6-10-20(21)23/h3-16H,1-2H3,(H,31,32)/b29-15-. The Morgan fingerprint density at radius 3 is 2.58 bits per heavy atom. The van der Waals surface area contributed by atoms with E-state index in [0.29, 0.717) is 5.56 Å². The van der Waals surface area contributed by atoms with Crippen LogP contribution < -0.4 is 10.2 Å². The average molecular weight is 614 g/mol. The van der Waals surface area contributed by atoms with E-state index in [1.807, 2.05) is 80.6 Å². The second kappa shape index (κ2) is 10.4. The van der Waals surface area contributed by atoms with Crippen molar-refractivity contribution in [3.05, 3.63) is 92.0 Å². The van der Waals surface area contributed by atoms with Crippen molar-refractivity contribution < 1.29 is 9.53 Å². The zero-order valence-electron chi connectivity index (χ0n) is 18.0. The summed E-state index contributed by atoms with van der Waals surface area (Å²) >= 11 is 5.74. The van der Waals surface area contributed by atoms with Crippen LogP contribution in [0.4, 0.5) is 0 Å². The summed E-state index contributed by atoms with van der Waals surface area (Å²) in [5, 5.41) is 5.00. The summed E-state index contributed by atoms with van der Waals surface area (Å²) in [5.74, 6) is 0.422. The second-order valence-corrected chi connectivity index (χ2v) is 9.69. The summed E-state index contributed by atoms with van der Waals surface area (Å²) in [6, 6.07) is 23.1. The SMILES string of the molecule is CC(C)Oc1c(I)cc(Br)cc1/C=N\NC(=O)c1cc(-c2ccccc2)nc2ccccc12. The fourth-order valence-electron chi connectivity index (χ4n) is 3.38. The third-order valence-corrected chi connectivity index (χ3v) is 6.05. The molecule has 0 atom stereocenters. The van der Waals surface area contributed by atoms with Gasteiger partial charge in [0.15, 0.2) is 0 Å². The largest absolute Gasteiger partial charge is 0.489 e. The molecule has 0 aliphatic heterocycles. The van der Waals surface area contributed by atoms with Crippen molar-refractivity contribution in [1.82, 2.24) is 10.4 Å². The number of hydrogen-bond donors (Lipinski definition) is 1. The summed E-state index contributed by atoms with van der Waals surface area (Å²) in [6.07, 6.45) is 1.62. The van der Waals surface area contributed by atoms with Gasteiger partial charge in [0.05, 0.1) is 32.7 Å². The van der Waals surface area contributed by atoms with Gasteiger partial charge in [-0.2, -0.15) is 5.10 Å². The number of rotatable bonds is 6. The van der Waals surface area contributed by atoms with Gasteiger partial charge in [-0.25, -0.2) is 10.4 Å². The van der Waals surface area contributed by atoms with Crippen LogP contribution in [0.1, 0.15) is 29.8 Å². The molecule has 4 aromatic rings. The van der Waals surface area contributed by atoms with Gasteiger partial charge in [0.25, 0.3) is 5.91 Å². The van der Waals surface area contributed by atoms with E-state index in [1.54, 1.807) is 12.3 Å². The molecule has 0 saturated carbocycles. The number of amides is 1. The molecule has 0 aliphatic rings. The highest BCUT2D eigenvalue weighted by Crippen LogP contribution is 2.30. The van der Waals surface area contributed by atoms with Crippen LogP contribution in [-0.4, -0.2) is 23.2 Å². The van der Waals surface area contributed by atoms with Crippen LogP contribution in [0.25, 0.3) is 22.2 Å². The molecule has 33 heavy (non-hydrogen) atoms. The number of aromatic nitrogens is 1. The summed E-state index contributed by atoms with van der Waals surface area (Å²) < 4.78 is 7.82. The first-order chi connectivity index (χ1) is 15.9. The van der Waals surface area contributed by atoms with Crippen molar-refractivity contribution in [3.8, 4) is 17.0 Å². The molecule has 0 unspecified atom stereocenters. The maximum absolute atomic E-state index is 13.1. The van der Waals surface area contributed by atoms with Gasteiger partial charge in [-0.1, -0.05) is 64.5 Å². The summed E-state index contributed by atoms with van der Waals surface area (Å²) in [5.41, 5.74) is 6.38. The Balaban J connectivity index is 1.66. The lowest BCUT2D eigenvalue weighted by Crippen LogP contribution is -2.18. The first-order valence-corrected chi connectivity index (χ1v) is 12.2. The molecule has 1 amide bonds. The normalized spacial score (nSPS) is 11.3. The van der Waals surface area contributed by atoms with Gasteiger partial charge in [0, 0.05) is 21.0 Å². The molecule has 0 aliphatic carbocycles. The molecule has 5 nitrogen and oxygen atoms in total. The van der Waals surface area contributed by atoms with Crippen molar-refractivity contribution in [1.29, 1.82) is 0 Å². The smallest absolute Gasteiger partial charge is 0.272 e. The zero-order chi connectivity index (χ0) is 23.4. The Labute approximate surface area is 214 Å². The average Bonchev–Trinajstić information content (AvgIpc) is 2.80. The minimum Gasteiger partial charge on any atom is -0.489 e. The number of hydrogen-bond acceptors (Lipinski definition) is 4. The van der Waals surface area contributed by atoms with E-state index in [4.69, 9.17) is 9.72 Å². The molecule has 0 spiro atoms. The number of carbonyl (C=O) groups excluding carboxylic acids is 1.